The molecular formula is C29H43N3O6. The van der Waals surface area contributed by atoms with Gasteiger partial charge in [-0.1, -0.05) is 70.5 Å². The first kappa shape index (κ1) is 31.0. The van der Waals surface area contributed by atoms with Gasteiger partial charge in [0.2, 0.25) is 17.7 Å². The molecule has 3 amide bonds. The Kier molecular flexibility index (Phi) is 12.5. The second-order valence-corrected chi connectivity index (χ2v) is 10.2. The molecule has 1 aliphatic heterocycles. The van der Waals surface area contributed by atoms with Crippen LogP contribution in [0.2, 0.25) is 0 Å². The third-order valence-electron chi connectivity index (χ3n) is 6.76. The number of likely N-dealkylation sites (N-methyl/N-ethyl adjacent to an activating group) is 1. The number of ether oxygens (including phenoxy) is 1. The van der Waals surface area contributed by atoms with Gasteiger partial charge in [-0.2, -0.15) is 0 Å². The summed E-state index contributed by atoms with van der Waals surface area (Å²) in [5.41, 5.74) is 0.858. The van der Waals surface area contributed by atoms with Gasteiger partial charge in [-0.25, -0.2) is 0 Å². The Bertz CT molecular complexity index is 964. The minimum Gasteiger partial charge on any atom is -0.457 e. The van der Waals surface area contributed by atoms with Crippen molar-refractivity contribution in [2.45, 2.75) is 96.6 Å². The minimum atomic E-state index is -1.20. The molecule has 0 aromatic heterocycles. The summed E-state index contributed by atoms with van der Waals surface area (Å²) in [4.78, 5) is 54.1. The van der Waals surface area contributed by atoms with Gasteiger partial charge in [0.15, 0.2) is 0 Å². The van der Waals surface area contributed by atoms with E-state index in [9.17, 15) is 24.3 Å². The zero-order valence-corrected chi connectivity index (χ0v) is 23.2. The second-order valence-electron chi connectivity index (χ2n) is 10.2. The van der Waals surface area contributed by atoms with Crippen molar-refractivity contribution in [2.24, 2.45) is 5.92 Å². The van der Waals surface area contributed by atoms with Crippen LogP contribution in [0.4, 0.5) is 0 Å². The quantitative estimate of drug-likeness (QED) is 0.368. The van der Waals surface area contributed by atoms with E-state index in [-0.39, 0.29) is 31.1 Å². The molecule has 1 aliphatic rings. The fraction of sp³-hybridized carbons (Fsp3) is 0.586. The molecule has 0 unspecified atom stereocenters. The average molecular weight is 530 g/mol. The van der Waals surface area contributed by atoms with E-state index in [2.05, 4.69) is 10.6 Å². The van der Waals surface area contributed by atoms with Crippen molar-refractivity contribution in [1.29, 1.82) is 0 Å². The predicted octanol–water partition coefficient (Wildman–Crippen LogP) is 2.51. The monoisotopic (exact) mass is 529 g/mol. The zero-order chi connectivity index (χ0) is 28.2. The predicted molar refractivity (Wildman–Crippen MR) is 145 cm³/mol. The molecule has 210 valence electrons. The molecule has 38 heavy (non-hydrogen) atoms. The van der Waals surface area contributed by atoms with E-state index < -0.39 is 48.1 Å². The van der Waals surface area contributed by atoms with Crippen LogP contribution in [0, 0.1) is 5.92 Å². The fourth-order valence-corrected chi connectivity index (χ4v) is 4.40. The van der Waals surface area contributed by atoms with Gasteiger partial charge in [-0.15, -0.1) is 0 Å². The highest BCUT2D eigenvalue weighted by Crippen LogP contribution is 2.17. The molecule has 3 N–H and O–H groups in total. The first-order valence-corrected chi connectivity index (χ1v) is 13.5. The molecule has 9 nitrogen and oxygen atoms in total. The Hall–Kier alpha value is -3.20. The van der Waals surface area contributed by atoms with Crippen LogP contribution in [0.25, 0.3) is 0 Å². The van der Waals surface area contributed by atoms with E-state index >= 15 is 0 Å². The second kappa shape index (κ2) is 15.3. The Labute approximate surface area is 226 Å². The van der Waals surface area contributed by atoms with E-state index in [0.29, 0.717) is 6.42 Å². The first-order valence-electron chi connectivity index (χ1n) is 13.5. The summed E-state index contributed by atoms with van der Waals surface area (Å²) in [7, 11) is 1.54. The van der Waals surface area contributed by atoms with E-state index in [4.69, 9.17) is 4.74 Å². The molecule has 0 bridgehead atoms. The average Bonchev–Trinajstić information content (AvgIpc) is 2.88. The summed E-state index contributed by atoms with van der Waals surface area (Å²) in [6.07, 6.45) is 3.18. The summed E-state index contributed by atoms with van der Waals surface area (Å²) in [6.45, 7) is 7.43. The van der Waals surface area contributed by atoms with Gasteiger partial charge in [-0.3, -0.25) is 19.2 Å². The van der Waals surface area contributed by atoms with Crippen LogP contribution in [0.5, 0.6) is 0 Å². The molecule has 1 aromatic carbocycles. The van der Waals surface area contributed by atoms with Crippen LogP contribution in [0.15, 0.2) is 42.5 Å². The van der Waals surface area contributed by atoms with Crippen LogP contribution in [0.1, 0.15) is 65.4 Å². The number of hydrogen-bond donors (Lipinski definition) is 3. The molecular weight excluding hydrogens is 486 g/mol. The standard InChI is InChI=1S/C29H43N3O6/c1-6-8-10-15-21-17-25(34)32(5)23(16-20-13-11-9-12-14-20)29(37)30-22(7-2)28(36)31-27(19(3)4)24(33)18-26(35)38-21/h9-15,19,21-24,27,33H,6-8,16-18H2,1-5H3,(H,30,37)(H,31,36)/b15-10+/t21-,22-,23-,24+,27-/m1/s1. The number of allylic oxidation sites excluding steroid dienone is 1. The first-order chi connectivity index (χ1) is 18.1. The maximum absolute atomic E-state index is 13.5. The van der Waals surface area contributed by atoms with E-state index in [1.54, 1.807) is 20.0 Å². The molecule has 2 rings (SSSR count). The summed E-state index contributed by atoms with van der Waals surface area (Å²) in [5.74, 6) is -2.17. The van der Waals surface area contributed by atoms with Crippen molar-refractivity contribution in [1.82, 2.24) is 15.5 Å². The van der Waals surface area contributed by atoms with Gasteiger partial charge < -0.3 is 25.4 Å². The maximum Gasteiger partial charge on any atom is 0.309 e. The number of hydrogen-bond acceptors (Lipinski definition) is 6. The van der Waals surface area contributed by atoms with Crippen LogP contribution in [-0.4, -0.2) is 71.1 Å². The molecule has 0 radical (unpaired) electrons. The largest absolute Gasteiger partial charge is 0.457 e. The highest BCUT2D eigenvalue weighted by Gasteiger charge is 2.34. The van der Waals surface area contributed by atoms with Crippen molar-refractivity contribution in [3.8, 4) is 0 Å². The molecule has 1 aromatic rings. The molecule has 1 saturated heterocycles. The number of esters is 1. The third-order valence-corrected chi connectivity index (χ3v) is 6.76. The van der Waals surface area contributed by atoms with Gasteiger partial charge in [-0.05, 0) is 30.4 Å². The molecule has 1 fully saturated rings. The Morgan fingerprint density at radius 3 is 2.34 bits per heavy atom. The number of aliphatic hydroxyl groups is 1. The van der Waals surface area contributed by atoms with Crippen molar-refractivity contribution in [3.05, 3.63) is 48.0 Å². The number of carbonyl (C=O) groups excluding carboxylic acids is 4. The maximum atomic E-state index is 13.5. The van der Waals surface area contributed by atoms with Crippen LogP contribution >= 0.6 is 0 Å². The molecule has 0 saturated carbocycles. The fourth-order valence-electron chi connectivity index (χ4n) is 4.40. The summed E-state index contributed by atoms with van der Waals surface area (Å²) in [6, 6.07) is 6.83. The normalized spacial score (nSPS) is 26.5. The molecule has 1 heterocycles. The summed E-state index contributed by atoms with van der Waals surface area (Å²) >= 11 is 0. The number of carbonyl (C=O) groups is 4. The van der Waals surface area contributed by atoms with Crippen LogP contribution < -0.4 is 10.6 Å². The Balaban J connectivity index is 2.46. The van der Waals surface area contributed by atoms with E-state index in [0.717, 1.165) is 18.4 Å². The van der Waals surface area contributed by atoms with Crippen LogP contribution in [0.3, 0.4) is 0 Å². The number of unbranched alkanes of at least 4 members (excludes halogenated alkanes) is 1. The third kappa shape index (κ3) is 9.28. The zero-order valence-electron chi connectivity index (χ0n) is 23.2. The number of amides is 3. The smallest absolute Gasteiger partial charge is 0.309 e. The van der Waals surface area contributed by atoms with Crippen molar-refractivity contribution in [2.75, 3.05) is 7.05 Å². The van der Waals surface area contributed by atoms with Crippen LogP contribution in [-0.2, 0) is 30.3 Å². The summed E-state index contributed by atoms with van der Waals surface area (Å²) < 4.78 is 5.59. The van der Waals surface area contributed by atoms with Gasteiger partial charge in [0.05, 0.1) is 25.0 Å². The van der Waals surface area contributed by atoms with Gasteiger partial charge >= 0.3 is 5.97 Å². The number of nitrogens with zero attached hydrogens (tertiary/aromatic N) is 1. The van der Waals surface area contributed by atoms with Crippen molar-refractivity contribution >= 4 is 23.7 Å². The number of cyclic esters (lactones) is 1. The van der Waals surface area contributed by atoms with Gasteiger partial charge in [0, 0.05) is 13.5 Å². The molecule has 5 atom stereocenters. The van der Waals surface area contributed by atoms with Crippen molar-refractivity contribution < 1.29 is 29.0 Å². The Morgan fingerprint density at radius 1 is 1.05 bits per heavy atom. The van der Waals surface area contributed by atoms with Gasteiger partial charge in [0.25, 0.3) is 0 Å². The van der Waals surface area contributed by atoms with Gasteiger partial charge in [0.1, 0.15) is 18.2 Å². The minimum absolute atomic E-state index is 0.154. The lowest BCUT2D eigenvalue weighted by atomic mass is 9.95. The molecule has 9 heteroatoms. The van der Waals surface area contributed by atoms with Crippen molar-refractivity contribution in [3.63, 3.8) is 0 Å². The Morgan fingerprint density at radius 2 is 1.74 bits per heavy atom. The highest BCUT2D eigenvalue weighted by atomic mass is 16.5. The lowest BCUT2D eigenvalue weighted by Gasteiger charge is -2.31. The lowest BCUT2D eigenvalue weighted by Crippen LogP contribution is -2.57. The highest BCUT2D eigenvalue weighted by molar-refractivity contribution is 5.92. The number of nitrogens with one attached hydrogen (secondary N) is 2. The number of aliphatic hydroxyl groups excluding tert-OH is 1. The lowest BCUT2D eigenvalue weighted by molar-refractivity contribution is -0.152. The number of benzene rings is 1. The van der Waals surface area contributed by atoms with E-state index in [1.165, 1.54) is 4.90 Å². The number of rotatable bonds is 7. The SMILES string of the molecule is CCC/C=C/[C@@H]1CC(=O)N(C)[C@H](Cc2ccccc2)C(=O)N[C@H](CC)C(=O)N[C@H](C(C)C)[C@@H](O)CC(=O)O1. The summed E-state index contributed by atoms with van der Waals surface area (Å²) in [5, 5.41) is 16.4. The molecule has 0 spiro atoms. The topological polar surface area (TPSA) is 125 Å². The molecule has 0 aliphatic carbocycles. The van der Waals surface area contributed by atoms with E-state index in [1.807, 2.05) is 57.2 Å².